The van der Waals surface area contributed by atoms with E-state index in [2.05, 4.69) is 4.90 Å². The van der Waals surface area contributed by atoms with Crippen LogP contribution in [0.15, 0.2) is 0 Å². The lowest BCUT2D eigenvalue weighted by atomic mass is 9.98. The van der Waals surface area contributed by atoms with Gasteiger partial charge in [0.15, 0.2) is 6.29 Å². The van der Waals surface area contributed by atoms with Crippen LogP contribution >= 0.6 is 0 Å². The molecule has 1 atom stereocenters. The standard InChI is InChI=1S/C14H29NO3/c1-4-17-13(18-5-2)7-11-15-10-6-8-14(3,16)9-12-15/h13,16H,4-12H2,1-3H3. The van der Waals surface area contributed by atoms with Gasteiger partial charge in [0.2, 0.25) is 0 Å². The third-order valence-electron chi connectivity index (χ3n) is 3.54. The zero-order valence-electron chi connectivity index (χ0n) is 12.2. The summed E-state index contributed by atoms with van der Waals surface area (Å²) < 4.78 is 11.1. The first-order chi connectivity index (χ1) is 8.57. The maximum Gasteiger partial charge on any atom is 0.158 e. The maximum absolute atomic E-state index is 10.0. The summed E-state index contributed by atoms with van der Waals surface area (Å²) in [5.41, 5.74) is -0.478. The summed E-state index contributed by atoms with van der Waals surface area (Å²) in [4.78, 5) is 2.41. The average Bonchev–Trinajstić information content (AvgIpc) is 2.48. The van der Waals surface area contributed by atoms with E-state index in [9.17, 15) is 5.11 Å². The van der Waals surface area contributed by atoms with Crippen LogP contribution in [0.5, 0.6) is 0 Å². The molecule has 0 radical (unpaired) electrons. The number of likely N-dealkylation sites (tertiary alicyclic amines) is 1. The lowest BCUT2D eigenvalue weighted by Crippen LogP contribution is -2.31. The Labute approximate surface area is 111 Å². The molecule has 0 saturated carbocycles. The topological polar surface area (TPSA) is 41.9 Å². The quantitative estimate of drug-likeness (QED) is 0.710. The van der Waals surface area contributed by atoms with E-state index in [0.717, 1.165) is 45.3 Å². The Morgan fingerprint density at radius 3 is 2.44 bits per heavy atom. The Morgan fingerprint density at radius 2 is 1.83 bits per heavy atom. The van der Waals surface area contributed by atoms with Crippen LogP contribution in [0.2, 0.25) is 0 Å². The van der Waals surface area contributed by atoms with Crippen LogP contribution in [0, 0.1) is 0 Å². The van der Waals surface area contributed by atoms with Gasteiger partial charge in [-0.2, -0.15) is 0 Å². The Morgan fingerprint density at radius 1 is 1.17 bits per heavy atom. The molecule has 1 unspecified atom stereocenters. The van der Waals surface area contributed by atoms with Crippen molar-refractivity contribution in [1.29, 1.82) is 0 Å². The fourth-order valence-electron chi connectivity index (χ4n) is 2.42. The molecule has 0 bridgehead atoms. The van der Waals surface area contributed by atoms with Gasteiger partial charge >= 0.3 is 0 Å². The smallest absolute Gasteiger partial charge is 0.158 e. The number of hydrogen-bond donors (Lipinski definition) is 1. The van der Waals surface area contributed by atoms with Gasteiger partial charge in [-0.1, -0.05) is 0 Å². The molecule has 0 aliphatic carbocycles. The highest BCUT2D eigenvalue weighted by atomic mass is 16.7. The zero-order valence-corrected chi connectivity index (χ0v) is 12.2. The molecular formula is C14H29NO3. The van der Waals surface area contributed by atoms with Crippen LogP contribution < -0.4 is 0 Å². The molecule has 0 aromatic heterocycles. The summed E-state index contributed by atoms with van der Waals surface area (Å²) >= 11 is 0. The van der Waals surface area contributed by atoms with Gasteiger partial charge in [-0.3, -0.25) is 0 Å². The lowest BCUT2D eigenvalue weighted by Gasteiger charge is -2.24. The summed E-state index contributed by atoms with van der Waals surface area (Å²) in [6.45, 7) is 10.3. The van der Waals surface area contributed by atoms with Crippen LogP contribution in [0.4, 0.5) is 0 Å². The van der Waals surface area contributed by atoms with Crippen molar-refractivity contribution < 1.29 is 14.6 Å². The Balaban J connectivity index is 2.28. The molecule has 1 heterocycles. The van der Waals surface area contributed by atoms with E-state index in [0.29, 0.717) is 13.2 Å². The van der Waals surface area contributed by atoms with E-state index >= 15 is 0 Å². The minimum atomic E-state index is -0.478. The van der Waals surface area contributed by atoms with Gasteiger partial charge in [0.05, 0.1) is 5.60 Å². The summed E-state index contributed by atoms with van der Waals surface area (Å²) in [5.74, 6) is 0. The van der Waals surface area contributed by atoms with Crippen LogP contribution in [-0.4, -0.2) is 54.7 Å². The van der Waals surface area contributed by atoms with Gasteiger partial charge in [0.1, 0.15) is 0 Å². The minimum Gasteiger partial charge on any atom is -0.390 e. The third kappa shape index (κ3) is 6.14. The number of nitrogens with zero attached hydrogens (tertiary/aromatic N) is 1. The second kappa shape index (κ2) is 8.10. The van der Waals surface area contributed by atoms with Crippen molar-refractivity contribution >= 4 is 0 Å². The normalized spacial score (nSPS) is 26.5. The highest BCUT2D eigenvalue weighted by molar-refractivity contribution is 4.79. The van der Waals surface area contributed by atoms with Crippen LogP contribution in [0.3, 0.4) is 0 Å². The van der Waals surface area contributed by atoms with Crippen molar-refractivity contribution in [3.05, 3.63) is 0 Å². The minimum absolute atomic E-state index is 0.0798. The van der Waals surface area contributed by atoms with E-state index in [1.54, 1.807) is 0 Å². The summed E-state index contributed by atoms with van der Waals surface area (Å²) in [6, 6.07) is 0. The summed E-state index contributed by atoms with van der Waals surface area (Å²) in [5, 5.41) is 10.0. The second-order valence-corrected chi connectivity index (χ2v) is 5.32. The fourth-order valence-corrected chi connectivity index (χ4v) is 2.42. The molecule has 0 amide bonds. The second-order valence-electron chi connectivity index (χ2n) is 5.32. The molecule has 1 rings (SSSR count). The molecule has 1 aliphatic heterocycles. The van der Waals surface area contributed by atoms with Gasteiger partial charge in [-0.25, -0.2) is 0 Å². The molecular weight excluding hydrogens is 230 g/mol. The first kappa shape index (κ1) is 15.9. The molecule has 1 N–H and O–H groups in total. The first-order valence-electron chi connectivity index (χ1n) is 7.25. The predicted octanol–water partition coefficient (Wildman–Crippen LogP) is 2.01. The number of aliphatic hydroxyl groups is 1. The van der Waals surface area contributed by atoms with E-state index in [-0.39, 0.29) is 6.29 Å². The largest absolute Gasteiger partial charge is 0.390 e. The van der Waals surface area contributed by atoms with E-state index in [1.165, 1.54) is 0 Å². The van der Waals surface area contributed by atoms with E-state index in [4.69, 9.17) is 9.47 Å². The lowest BCUT2D eigenvalue weighted by molar-refractivity contribution is -0.141. The number of hydrogen-bond acceptors (Lipinski definition) is 4. The van der Waals surface area contributed by atoms with Crippen LogP contribution in [0.1, 0.15) is 46.5 Å². The van der Waals surface area contributed by atoms with Crippen molar-refractivity contribution in [3.63, 3.8) is 0 Å². The molecule has 18 heavy (non-hydrogen) atoms. The van der Waals surface area contributed by atoms with Gasteiger partial charge in [-0.05, 0) is 46.6 Å². The molecule has 1 fully saturated rings. The first-order valence-corrected chi connectivity index (χ1v) is 7.25. The SMILES string of the molecule is CCOC(CCN1CCCC(C)(O)CC1)OCC. The molecule has 4 nitrogen and oxygen atoms in total. The third-order valence-corrected chi connectivity index (χ3v) is 3.54. The Hall–Kier alpha value is -0.160. The average molecular weight is 259 g/mol. The maximum atomic E-state index is 10.0. The zero-order chi connectivity index (χ0) is 13.4. The monoisotopic (exact) mass is 259 g/mol. The molecule has 0 aromatic rings. The number of rotatable bonds is 7. The summed E-state index contributed by atoms with van der Waals surface area (Å²) in [7, 11) is 0. The van der Waals surface area contributed by atoms with Crippen molar-refractivity contribution in [2.75, 3.05) is 32.8 Å². The van der Waals surface area contributed by atoms with Gasteiger partial charge in [0, 0.05) is 32.7 Å². The number of ether oxygens (including phenoxy) is 2. The van der Waals surface area contributed by atoms with Gasteiger partial charge < -0.3 is 19.5 Å². The fraction of sp³-hybridized carbons (Fsp3) is 1.00. The van der Waals surface area contributed by atoms with E-state index < -0.39 is 5.60 Å². The molecule has 4 heteroatoms. The highest BCUT2D eigenvalue weighted by Crippen LogP contribution is 2.21. The molecule has 108 valence electrons. The van der Waals surface area contributed by atoms with Gasteiger partial charge in [-0.15, -0.1) is 0 Å². The van der Waals surface area contributed by atoms with Crippen molar-refractivity contribution in [3.8, 4) is 0 Å². The van der Waals surface area contributed by atoms with Crippen LogP contribution in [0.25, 0.3) is 0 Å². The Bertz CT molecular complexity index is 215. The van der Waals surface area contributed by atoms with Crippen LogP contribution in [-0.2, 0) is 9.47 Å². The Kier molecular flexibility index (Phi) is 7.15. The molecule has 1 saturated heterocycles. The highest BCUT2D eigenvalue weighted by Gasteiger charge is 2.25. The molecule has 1 aliphatic rings. The van der Waals surface area contributed by atoms with Crippen molar-refractivity contribution in [2.45, 2.75) is 58.3 Å². The van der Waals surface area contributed by atoms with E-state index in [1.807, 2.05) is 20.8 Å². The predicted molar refractivity (Wildman–Crippen MR) is 72.6 cm³/mol. The van der Waals surface area contributed by atoms with Crippen molar-refractivity contribution in [2.24, 2.45) is 0 Å². The van der Waals surface area contributed by atoms with Gasteiger partial charge in [0.25, 0.3) is 0 Å². The molecule has 0 aromatic carbocycles. The molecule has 0 spiro atoms. The summed E-state index contributed by atoms with van der Waals surface area (Å²) in [6.07, 6.45) is 3.67. The van der Waals surface area contributed by atoms with Crippen molar-refractivity contribution in [1.82, 2.24) is 4.90 Å².